The van der Waals surface area contributed by atoms with Crippen LogP contribution in [0.5, 0.6) is 0 Å². The Labute approximate surface area is 178 Å². The highest BCUT2D eigenvalue weighted by Gasteiger charge is 2.51. The Morgan fingerprint density at radius 1 is 1.27 bits per heavy atom. The first-order chi connectivity index (χ1) is 14.1. The minimum absolute atomic E-state index is 0.00909. The van der Waals surface area contributed by atoms with E-state index in [4.69, 9.17) is 0 Å². The molecular weight excluding hydrogens is 378 g/mol. The summed E-state index contributed by atoms with van der Waals surface area (Å²) in [7, 11) is 0. The van der Waals surface area contributed by atoms with Gasteiger partial charge in [-0.2, -0.15) is 0 Å². The minimum Gasteiger partial charge on any atom is -0.347 e. The van der Waals surface area contributed by atoms with E-state index in [1.807, 2.05) is 43.0 Å². The molecule has 1 aliphatic heterocycles. The summed E-state index contributed by atoms with van der Waals surface area (Å²) < 4.78 is 0. The number of hydrogen-bond acceptors (Lipinski definition) is 6. The first-order valence-electron chi connectivity index (χ1n) is 10.7. The number of hydrogen-bond donors (Lipinski definition) is 0. The van der Waals surface area contributed by atoms with Crippen molar-refractivity contribution in [2.75, 3.05) is 22.9 Å². The highest BCUT2D eigenvalue weighted by Crippen LogP contribution is 2.54. The molecule has 1 aromatic heterocycles. The predicted octanol–water partition coefficient (Wildman–Crippen LogP) is 5.26. The molecular formula is C23H31N5O2. The Bertz CT molecular complexity index is 976. The number of benzene rings is 1. The van der Waals surface area contributed by atoms with Crippen molar-refractivity contribution in [1.29, 1.82) is 0 Å². The summed E-state index contributed by atoms with van der Waals surface area (Å²) in [5, 5.41) is 12.3. The zero-order valence-corrected chi connectivity index (χ0v) is 18.6. The Kier molecular flexibility index (Phi) is 4.95. The number of nitro groups is 1. The highest BCUT2D eigenvalue weighted by atomic mass is 16.6. The number of aryl methyl sites for hydroxylation is 1. The van der Waals surface area contributed by atoms with Crippen molar-refractivity contribution >= 4 is 23.0 Å². The molecule has 0 N–H and O–H groups in total. The lowest BCUT2D eigenvalue weighted by atomic mass is 9.65. The van der Waals surface area contributed by atoms with E-state index in [1.54, 1.807) is 0 Å². The number of rotatable bonds is 5. The van der Waals surface area contributed by atoms with Crippen molar-refractivity contribution in [2.24, 2.45) is 10.8 Å². The molecule has 30 heavy (non-hydrogen) atoms. The van der Waals surface area contributed by atoms with Crippen molar-refractivity contribution in [1.82, 2.24) is 9.97 Å². The van der Waals surface area contributed by atoms with Gasteiger partial charge < -0.3 is 9.80 Å². The van der Waals surface area contributed by atoms with E-state index < -0.39 is 0 Å². The summed E-state index contributed by atoms with van der Waals surface area (Å²) in [5.41, 5.74) is 2.40. The first-order valence-corrected chi connectivity index (χ1v) is 10.7. The molecule has 7 nitrogen and oxygen atoms in total. The third-order valence-electron chi connectivity index (χ3n) is 6.54. The second-order valence-corrected chi connectivity index (χ2v) is 10.1. The molecule has 2 heterocycles. The van der Waals surface area contributed by atoms with Crippen molar-refractivity contribution in [2.45, 2.75) is 59.9 Å². The van der Waals surface area contributed by atoms with E-state index in [0.717, 1.165) is 37.1 Å². The Morgan fingerprint density at radius 3 is 2.70 bits per heavy atom. The summed E-state index contributed by atoms with van der Waals surface area (Å²) >= 11 is 0. The monoisotopic (exact) mass is 409 g/mol. The molecule has 1 aliphatic carbocycles. The molecule has 2 fully saturated rings. The summed E-state index contributed by atoms with van der Waals surface area (Å²) in [5.74, 6) is 0.825. The van der Waals surface area contributed by atoms with Gasteiger partial charge in [-0.15, -0.1) is 0 Å². The molecule has 2 atom stereocenters. The van der Waals surface area contributed by atoms with E-state index in [9.17, 15) is 10.1 Å². The van der Waals surface area contributed by atoms with Crippen LogP contribution in [0.1, 0.15) is 52.5 Å². The van der Waals surface area contributed by atoms with Gasteiger partial charge in [0.05, 0.1) is 4.92 Å². The van der Waals surface area contributed by atoms with Gasteiger partial charge in [0.2, 0.25) is 11.6 Å². The van der Waals surface area contributed by atoms with Crippen LogP contribution in [0.25, 0.3) is 0 Å². The van der Waals surface area contributed by atoms with Gasteiger partial charge in [0, 0.05) is 24.8 Å². The van der Waals surface area contributed by atoms with Gasteiger partial charge in [0.1, 0.15) is 6.33 Å². The number of nitrogens with zero attached hydrogens (tertiary/aromatic N) is 5. The van der Waals surface area contributed by atoms with Gasteiger partial charge >= 0.3 is 5.69 Å². The van der Waals surface area contributed by atoms with Crippen molar-refractivity contribution in [3.63, 3.8) is 0 Å². The summed E-state index contributed by atoms with van der Waals surface area (Å²) in [6.07, 6.45) is 4.69. The topological polar surface area (TPSA) is 75.4 Å². The predicted molar refractivity (Wildman–Crippen MR) is 119 cm³/mol. The second-order valence-electron chi connectivity index (χ2n) is 10.1. The molecule has 4 rings (SSSR count). The normalized spacial score (nSPS) is 24.7. The smallest absolute Gasteiger partial charge is 0.347 e. The van der Waals surface area contributed by atoms with E-state index in [2.05, 4.69) is 35.6 Å². The van der Waals surface area contributed by atoms with Crippen LogP contribution < -0.4 is 9.80 Å². The Balaban J connectivity index is 1.81. The molecule has 2 bridgehead atoms. The SMILES string of the molecule is CCN(c1cccc(C)c1)c1ncnc(N2CC3(C)CC2CC(C)(C)C3)c1[N+](=O)[O-]. The average Bonchev–Trinajstić information content (AvgIpc) is 2.90. The van der Waals surface area contributed by atoms with Crippen LogP contribution in [-0.2, 0) is 0 Å². The van der Waals surface area contributed by atoms with E-state index in [-0.39, 0.29) is 27.5 Å². The van der Waals surface area contributed by atoms with Gasteiger partial charge in [0.25, 0.3) is 0 Å². The van der Waals surface area contributed by atoms with Crippen LogP contribution >= 0.6 is 0 Å². The third-order valence-corrected chi connectivity index (χ3v) is 6.54. The van der Waals surface area contributed by atoms with Gasteiger partial charge in [0.15, 0.2) is 0 Å². The maximum absolute atomic E-state index is 12.3. The van der Waals surface area contributed by atoms with Crippen molar-refractivity contribution < 1.29 is 4.92 Å². The van der Waals surface area contributed by atoms with Crippen LogP contribution in [-0.4, -0.2) is 34.0 Å². The fraction of sp³-hybridized carbons (Fsp3) is 0.565. The number of anilines is 3. The first kappa shape index (κ1) is 20.6. The molecule has 160 valence electrons. The van der Waals surface area contributed by atoms with Crippen LogP contribution in [0, 0.1) is 27.9 Å². The summed E-state index contributed by atoms with van der Waals surface area (Å²) in [4.78, 5) is 24.9. The van der Waals surface area contributed by atoms with Gasteiger partial charge in [-0.3, -0.25) is 10.1 Å². The molecule has 1 saturated carbocycles. The van der Waals surface area contributed by atoms with Crippen LogP contribution in [0.15, 0.2) is 30.6 Å². The van der Waals surface area contributed by atoms with E-state index >= 15 is 0 Å². The quantitative estimate of drug-likeness (QED) is 0.495. The van der Waals surface area contributed by atoms with Crippen LogP contribution in [0.4, 0.5) is 23.0 Å². The maximum Gasteiger partial charge on any atom is 0.354 e. The fourth-order valence-corrected chi connectivity index (χ4v) is 5.89. The maximum atomic E-state index is 12.3. The summed E-state index contributed by atoms with van der Waals surface area (Å²) in [6.45, 7) is 12.3. The van der Waals surface area contributed by atoms with E-state index in [1.165, 1.54) is 6.33 Å². The van der Waals surface area contributed by atoms with Gasteiger partial charge in [-0.1, -0.05) is 32.9 Å². The molecule has 0 spiro atoms. The van der Waals surface area contributed by atoms with Crippen LogP contribution in [0.2, 0.25) is 0 Å². The lowest BCUT2D eigenvalue weighted by molar-refractivity contribution is -0.383. The lowest BCUT2D eigenvalue weighted by Gasteiger charge is -2.39. The number of aromatic nitrogens is 2. The molecule has 2 unspecified atom stereocenters. The van der Waals surface area contributed by atoms with E-state index in [0.29, 0.717) is 18.2 Å². The zero-order valence-electron chi connectivity index (χ0n) is 18.6. The molecule has 2 aliphatic rings. The molecule has 1 saturated heterocycles. The number of fused-ring (bicyclic) bond motifs is 2. The zero-order chi connectivity index (χ0) is 21.7. The minimum atomic E-state index is -0.307. The molecule has 2 aromatic rings. The van der Waals surface area contributed by atoms with Gasteiger partial charge in [-0.25, -0.2) is 9.97 Å². The van der Waals surface area contributed by atoms with Crippen molar-refractivity contribution in [3.8, 4) is 0 Å². The third kappa shape index (κ3) is 3.61. The lowest BCUT2D eigenvalue weighted by Crippen LogP contribution is -2.35. The van der Waals surface area contributed by atoms with Crippen molar-refractivity contribution in [3.05, 3.63) is 46.3 Å². The Hall–Kier alpha value is -2.70. The van der Waals surface area contributed by atoms with Gasteiger partial charge in [-0.05, 0) is 61.6 Å². The largest absolute Gasteiger partial charge is 0.354 e. The van der Waals surface area contributed by atoms with Crippen LogP contribution in [0.3, 0.4) is 0 Å². The fourth-order valence-electron chi connectivity index (χ4n) is 5.89. The second kappa shape index (κ2) is 7.22. The molecule has 1 aromatic carbocycles. The highest BCUT2D eigenvalue weighted by molar-refractivity contribution is 5.76. The Morgan fingerprint density at radius 2 is 2.03 bits per heavy atom. The molecule has 0 amide bonds. The standard InChI is InChI=1S/C23H31N5O2/c1-6-26(17-9-7-8-16(2)10-17)20-19(28(29)30)21(25-15-24-20)27-14-23(5)12-18(27)11-22(3,4)13-23/h7-10,15,18H,6,11-14H2,1-5H3. The average molecular weight is 410 g/mol. The summed E-state index contributed by atoms with van der Waals surface area (Å²) in [6, 6.07) is 8.25. The molecule has 7 heteroatoms. The molecule has 0 radical (unpaired) electrons.